The summed E-state index contributed by atoms with van der Waals surface area (Å²) < 4.78 is 46.1. The molecule has 0 bridgehead atoms. The van der Waals surface area contributed by atoms with E-state index >= 15 is 0 Å². The highest BCUT2D eigenvalue weighted by Crippen LogP contribution is 2.33. The van der Waals surface area contributed by atoms with Gasteiger partial charge in [-0.2, -0.15) is 5.26 Å². The van der Waals surface area contributed by atoms with E-state index in [0.29, 0.717) is 5.56 Å². The number of carbonyl (C=O) groups excluding carboxylic acids is 1. The summed E-state index contributed by atoms with van der Waals surface area (Å²) in [5, 5.41) is 8.90. The first kappa shape index (κ1) is 16.8. The first-order chi connectivity index (χ1) is 9.82. The van der Waals surface area contributed by atoms with E-state index < -0.39 is 18.1 Å². The van der Waals surface area contributed by atoms with Crippen molar-refractivity contribution >= 4 is 5.97 Å². The van der Waals surface area contributed by atoms with Crippen LogP contribution in [0, 0.1) is 11.3 Å². The van der Waals surface area contributed by atoms with E-state index in [1.807, 2.05) is 0 Å². The first-order valence-corrected chi connectivity index (χ1v) is 6.28. The molecule has 0 aromatic heterocycles. The molecule has 0 aliphatic rings. The van der Waals surface area contributed by atoms with Gasteiger partial charge in [-0.15, -0.1) is 13.2 Å². The Balaban J connectivity index is 3.26. The van der Waals surface area contributed by atoms with E-state index in [-0.39, 0.29) is 30.6 Å². The number of hydrogen-bond acceptors (Lipinski definition) is 4. The molecule has 0 saturated carbocycles. The lowest BCUT2D eigenvalue weighted by Gasteiger charge is -2.17. The Kier molecular flexibility index (Phi) is 5.59. The fraction of sp³-hybridized carbons (Fsp3) is 0.429. The van der Waals surface area contributed by atoms with Crippen LogP contribution in [0.25, 0.3) is 0 Å². The number of halogens is 3. The van der Waals surface area contributed by atoms with Crippen LogP contribution in [0.15, 0.2) is 12.1 Å². The normalized spacial score (nSPS) is 10.9. The van der Waals surface area contributed by atoms with Gasteiger partial charge in [-0.1, -0.05) is 13.0 Å². The number of ether oxygens (including phenoxy) is 2. The first-order valence-electron chi connectivity index (χ1n) is 6.28. The molecule has 0 N–H and O–H groups in total. The van der Waals surface area contributed by atoms with E-state index in [1.165, 1.54) is 12.1 Å². The largest absolute Gasteiger partial charge is 0.573 e. The minimum absolute atomic E-state index is 0.170. The van der Waals surface area contributed by atoms with Gasteiger partial charge in [0, 0.05) is 0 Å². The monoisotopic (exact) mass is 301 g/mol. The molecule has 0 spiro atoms. The van der Waals surface area contributed by atoms with E-state index in [9.17, 15) is 18.0 Å². The van der Waals surface area contributed by atoms with Gasteiger partial charge < -0.3 is 9.47 Å². The summed E-state index contributed by atoms with van der Waals surface area (Å²) in [6.07, 6.45) is -4.88. The molecule has 21 heavy (non-hydrogen) atoms. The number of nitriles is 1. The number of rotatable bonds is 5. The third-order valence-electron chi connectivity index (χ3n) is 2.69. The van der Waals surface area contributed by atoms with Crippen molar-refractivity contribution in [3.05, 3.63) is 28.8 Å². The summed E-state index contributed by atoms with van der Waals surface area (Å²) in [6, 6.07) is 4.30. The van der Waals surface area contributed by atoms with E-state index in [1.54, 1.807) is 19.9 Å². The van der Waals surface area contributed by atoms with Crippen molar-refractivity contribution in [3.63, 3.8) is 0 Å². The van der Waals surface area contributed by atoms with Crippen LogP contribution in [0.2, 0.25) is 0 Å². The average Bonchev–Trinajstić information content (AvgIpc) is 2.37. The van der Waals surface area contributed by atoms with E-state index in [0.717, 1.165) is 0 Å². The number of nitrogens with zero attached hydrogens (tertiary/aromatic N) is 1. The van der Waals surface area contributed by atoms with Crippen LogP contribution in [-0.2, 0) is 22.4 Å². The lowest BCUT2D eigenvalue weighted by atomic mass is 9.98. The molecule has 0 saturated heterocycles. The van der Waals surface area contributed by atoms with Crippen molar-refractivity contribution in [1.29, 1.82) is 5.26 Å². The van der Waals surface area contributed by atoms with Crippen LogP contribution in [0.3, 0.4) is 0 Å². The molecule has 0 heterocycles. The standard InChI is InChI=1S/C14H14F3NO3/c1-3-11-9(7-12(19)20-4-2)5-6-10(8-18)13(11)21-14(15,16)17/h5-6H,3-4,7H2,1-2H3. The third kappa shape index (κ3) is 4.67. The van der Waals surface area contributed by atoms with Crippen LogP contribution in [0.1, 0.15) is 30.5 Å². The fourth-order valence-corrected chi connectivity index (χ4v) is 1.91. The highest BCUT2D eigenvalue weighted by atomic mass is 19.4. The predicted molar refractivity (Wildman–Crippen MR) is 67.6 cm³/mol. The van der Waals surface area contributed by atoms with Crippen LogP contribution in [0.5, 0.6) is 5.75 Å². The van der Waals surface area contributed by atoms with Crippen LogP contribution in [0.4, 0.5) is 13.2 Å². The van der Waals surface area contributed by atoms with Crippen LogP contribution in [-0.4, -0.2) is 18.9 Å². The number of benzene rings is 1. The van der Waals surface area contributed by atoms with Gasteiger partial charge in [0.05, 0.1) is 18.6 Å². The van der Waals surface area contributed by atoms with Gasteiger partial charge in [0.15, 0.2) is 5.75 Å². The van der Waals surface area contributed by atoms with Crippen molar-refractivity contribution in [1.82, 2.24) is 0 Å². The molecule has 0 unspecified atom stereocenters. The maximum atomic E-state index is 12.5. The molecule has 1 rings (SSSR count). The molecule has 0 atom stereocenters. The second-order valence-corrected chi connectivity index (χ2v) is 4.07. The number of esters is 1. The minimum Gasteiger partial charge on any atom is -0.466 e. The van der Waals surface area contributed by atoms with Crippen molar-refractivity contribution in [3.8, 4) is 11.8 Å². The average molecular weight is 301 g/mol. The maximum Gasteiger partial charge on any atom is 0.573 e. The SMILES string of the molecule is CCOC(=O)Cc1ccc(C#N)c(OC(F)(F)F)c1CC. The van der Waals surface area contributed by atoms with Gasteiger partial charge >= 0.3 is 12.3 Å². The second kappa shape index (κ2) is 6.97. The van der Waals surface area contributed by atoms with Crippen molar-refractivity contribution in [2.45, 2.75) is 33.1 Å². The molecule has 7 heteroatoms. The summed E-state index contributed by atoms with van der Waals surface area (Å²) in [5.74, 6) is -1.09. The van der Waals surface area contributed by atoms with Gasteiger partial charge in [0.25, 0.3) is 0 Å². The molecule has 0 amide bonds. The highest BCUT2D eigenvalue weighted by molar-refractivity contribution is 5.74. The van der Waals surface area contributed by atoms with Gasteiger partial charge in [-0.25, -0.2) is 0 Å². The third-order valence-corrected chi connectivity index (χ3v) is 2.69. The summed E-state index contributed by atoms with van der Waals surface area (Å²) in [6.45, 7) is 3.44. The molecule has 1 aromatic carbocycles. The van der Waals surface area contributed by atoms with E-state index in [2.05, 4.69) is 4.74 Å². The Hall–Kier alpha value is -2.23. The highest BCUT2D eigenvalue weighted by Gasteiger charge is 2.33. The number of hydrogen-bond donors (Lipinski definition) is 0. The minimum atomic E-state index is -4.90. The number of carbonyl (C=O) groups is 1. The molecule has 1 aromatic rings. The van der Waals surface area contributed by atoms with Crippen molar-refractivity contribution in [2.24, 2.45) is 0 Å². The zero-order valence-corrected chi connectivity index (χ0v) is 11.6. The Morgan fingerprint density at radius 2 is 2.00 bits per heavy atom. The van der Waals surface area contributed by atoms with Crippen molar-refractivity contribution < 1.29 is 27.4 Å². The lowest BCUT2D eigenvalue weighted by Crippen LogP contribution is -2.20. The second-order valence-electron chi connectivity index (χ2n) is 4.07. The number of alkyl halides is 3. The van der Waals surface area contributed by atoms with Gasteiger partial charge in [0.2, 0.25) is 0 Å². The predicted octanol–water partition coefficient (Wildman–Crippen LogP) is 3.12. The quantitative estimate of drug-likeness (QED) is 0.784. The Labute approximate surface area is 120 Å². The molecule has 0 fully saturated rings. The fourth-order valence-electron chi connectivity index (χ4n) is 1.91. The smallest absolute Gasteiger partial charge is 0.466 e. The maximum absolute atomic E-state index is 12.5. The molecular formula is C14H14F3NO3. The summed E-state index contributed by atoms with van der Waals surface area (Å²) in [7, 11) is 0. The van der Waals surface area contributed by atoms with E-state index in [4.69, 9.17) is 10.00 Å². The van der Waals surface area contributed by atoms with Gasteiger partial charge in [0.1, 0.15) is 6.07 Å². The topological polar surface area (TPSA) is 59.3 Å². The van der Waals surface area contributed by atoms with Crippen LogP contribution < -0.4 is 4.74 Å². The van der Waals surface area contributed by atoms with Gasteiger partial charge in [-0.3, -0.25) is 4.79 Å². The Morgan fingerprint density at radius 1 is 1.33 bits per heavy atom. The summed E-state index contributed by atoms with van der Waals surface area (Å²) in [5.41, 5.74) is 0.311. The lowest BCUT2D eigenvalue weighted by molar-refractivity contribution is -0.275. The molecule has 0 radical (unpaired) electrons. The zero-order chi connectivity index (χ0) is 16.0. The molecular weight excluding hydrogens is 287 g/mol. The summed E-state index contributed by atoms with van der Waals surface area (Å²) >= 11 is 0. The molecule has 0 aliphatic heterocycles. The Bertz CT molecular complexity index is 562. The van der Waals surface area contributed by atoms with Crippen molar-refractivity contribution in [2.75, 3.05) is 6.61 Å². The summed E-state index contributed by atoms with van der Waals surface area (Å²) in [4.78, 5) is 11.5. The molecule has 114 valence electrons. The van der Waals surface area contributed by atoms with Crippen LogP contribution >= 0.6 is 0 Å². The molecule has 4 nitrogen and oxygen atoms in total. The zero-order valence-electron chi connectivity index (χ0n) is 11.6. The van der Waals surface area contributed by atoms with Gasteiger partial charge in [-0.05, 0) is 30.5 Å². The molecule has 0 aliphatic carbocycles. The Morgan fingerprint density at radius 3 is 2.48 bits per heavy atom.